The standard InChI is InChI=1S/C27H25FO4/c1-3-30-21-7-4-18(5-8-21)22-13-19(23(28)12-17(22)2)14-26(29)27(10-11-27)20-6-9-24-25(15-20)32-16-31-24/h4-9,12-13,15H,3,10-11,14,16H2,1-2H3. The molecule has 0 aromatic heterocycles. The molecule has 0 atom stereocenters. The van der Waals surface area contributed by atoms with Gasteiger partial charge in [0.25, 0.3) is 0 Å². The van der Waals surface area contributed by atoms with Crippen LogP contribution in [0.1, 0.15) is 36.5 Å². The van der Waals surface area contributed by atoms with Gasteiger partial charge < -0.3 is 14.2 Å². The fraction of sp³-hybridized carbons (Fsp3) is 0.296. The van der Waals surface area contributed by atoms with Gasteiger partial charge in [-0.3, -0.25) is 4.79 Å². The number of carbonyl (C=O) groups excluding carboxylic acids is 1. The highest BCUT2D eigenvalue weighted by Crippen LogP contribution is 2.51. The number of rotatable bonds is 7. The highest BCUT2D eigenvalue weighted by Gasteiger charge is 2.51. The average Bonchev–Trinajstić information content (AvgIpc) is 3.47. The molecule has 1 heterocycles. The van der Waals surface area contributed by atoms with Crippen molar-refractivity contribution in [3.8, 4) is 28.4 Å². The molecule has 1 fully saturated rings. The van der Waals surface area contributed by atoms with Gasteiger partial charge >= 0.3 is 0 Å². The van der Waals surface area contributed by atoms with Crippen molar-refractivity contribution in [2.45, 2.75) is 38.5 Å². The average molecular weight is 432 g/mol. The molecule has 1 saturated carbocycles. The first kappa shape index (κ1) is 20.6. The highest BCUT2D eigenvalue weighted by molar-refractivity contribution is 5.95. The third-order valence-electron chi connectivity index (χ3n) is 6.43. The summed E-state index contributed by atoms with van der Waals surface area (Å²) in [4.78, 5) is 13.3. The summed E-state index contributed by atoms with van der Waals surface area (Å²) in [7, 11) is 0. The van der Waals surface area contributed by atoms with Crippen LogP contribution in [0.4, 0.5) is 4.39 Å². The SMILES string of the molecule is CCOc1ccc(-c2cc(CC(=O)C3(c4ccc5c(c4)OCO5)CC3)c(F)cc2C)cc1. The predicted octanol–water partition coefficient (Wildman–Crippen LogP) is 5.77. The molecule has 0 bridgehead atoms. The summed E-state index contributed by atoms with van der Waals surface area (Å²) in [5, 5.41) is 0. The number of carbonyl (C=O) groups is 1. The lowest BCUT2D eigenvalue weighted by Crippen LogP contribution is -2.23. The van der Waals surface area contributed by atoms with Crippen LogP contribution in [0.5, 0.6) is 17.2 Å². The van der Waals surface area contributed by atoms with Crippen LogP contribution in [0.3, 0.4) is 0 Å². The van der Waals surface area contributed by atoms with Gasteiger partial charge in [0.15, 0.2) is 11.5 Å². The molecule has 1 aliphatic carbocycles. The molecule has 0 N–H and O–H groups in total. The monoisotopic (exact) mass is 432 g/mol. The number of hydrogen-bond donors (Lipinski definition) is 0. The van der Waals surface area contributed by atoms with E-state index >= 15 is 0 Å². The van der Waals surface area contributed by atoms with Crippen molar-refractivity contribution in [1.29, 1.82) is 0 Å². The minimum atomic E-state index is -0.558. The molecule has 3 aromatic rings. The summed E-state index contributed by atoms with van der Waals surface area (Å²) < 4.78 is 31.2. The Labute approximate surface area is 186 Å². The van der Waals surface area contributed by atoms with Gasteiger partial charge in [0.2, 0.25) is 6.79 Å². The van der Waals surface area contributed by atoms with Crippen LogP contribution in [-0.2, 0) is 16.6 Å². The molecule has 0 unspecified atom stereocenters. The predicted molar refractivity (Wildman–Crippen MR) is 120 cm³/mol. The molecule has 164 valence electrons. The van der Waals surface area contributed by atoms with Gasteiger partial charge in [0.1, 0.15) is 17.3 Å². The largest absolute Gasteiger partial charge is 0.494 e. The second kappa shape index (κ2) is 7.97. The van der Waals surface area contributed by atoms with Crippen molar-refractivity contribution in [1.82, 2.24) is 0 Å². The second-order valence-electron chi connectivity index (χ2n) is 8.47. The number of benzene rings is 3. The molecule has 5 rings (SSSR count). The number of hydrogen-bond acceptors (Lipinski definition) is 4. The van der Waals surface area contributed by atoms with Gasteiger partial charge in [0.05, 0.1) is 12.0 Å². The van der Waals surface area contributed by atoms with Crippen LogP contribution < -0.4 is 14.2 Å². The molecule has 0 spiro atoms. The fourth-order valence-corrected chi connectivity index (χ4v) is 4.45. The number of fused-ring (bicyclic) bond motifs is 1. The Bertz CT molecular complexity index is 1180. The Morgan fingerprint density at radius 2 is 1.78 bits per heavy atom. The maximum atomic E-state index is 14.9. The van der Waals surface area contributed by atoms with E-state index in [2.05, 4.69) is 0 Å². The molecule has 0 radical (unpaired) electrons. The second-order valence-corrected chi connectivity index (χ2v) is 8.47. The number of aryl methyl sites for hydroxylation is 1. The van der Waals surface area contributed by atoms with E-state index in [1.54, 1.807) is 0 Å². The van der Waals surface area contributed by atoms with Gasteiger partial charge in [-0.1, -0.05) is 18.2 Å². The molecule has 0 amide bonds. The molecule has 32 heavy (non-hydrogen) atoms. The minimum Gasteiger partial charge on any atom is -0.494 e. The summed E-state index contributed by atoms with van der Waals surface area (Å²) in [6.07, 6.45) is 1.60. The van der Waals surface area contributed by atoms with Gasteiger partial charge in [-0.25, -0.2) is 4.39 Å². The van der Waals surface area contributed by atoms with Crippen LogP contribution in [0.25, 0.3) is 11.1 Å². The van der Waals surface area contributed by atoms with Crippen LogP contribution in [-0.4, -0.2) is 19.2 Å². The van der Waals surface area contributed by atoms with Crippen molar-refractivity contribution in [3.63, 3.8) is 0 Å². The zero-order chi connectivity index (χ0) is 22.3. The Kier molecular flexibility index (Phi) is 5.12. The Morgan fingerprint density at radius 1 is 1.03 bits per heavy atom. The zero-order valence-corrected chi connectivity index (χ0v) is 18.2. The molecule has 2 aliphatic rings. The number of halogens is 1. The van der Waals surface area contributed by atoms with E-state index in [4.69, 9.17) is 14.2 Å². The van der Waals surface area contributed by atoms with E-state index in [-0.39, 0.29) is 24.8 Å². The Hall–Kier alpha value is -3.34. The number of ketones is 1. The smallest absolute Gasteiger partial charge is 0.231 e. The van der Waals surface area contributed by atoms with Crippen molar-refractivity contribution >= 4 is 5.78 Å². The summed E-state index contributed by atoms with van der Waals surface area (Å²) >= 11 is 0. The van der Waals surface area contributed by atoms with E-state index < -0.39 is 5.41 Å². The Balaban J connectivity index is 1.41. The molecule has 4 nitrogen and oxygen atoms in total. The van der Waals surface area contributed by atoms with Gasteiger partial charge in [-0.05, 0) is 90.9 Å². The van der Waals surface area contributed by atoms with Crippen molar-refractivity contribution in [2.24, 2.45) is 0 Å². The molecule has 5 heteroatoms. The summed E-state index contributed by atoms with van der Waals surface area (Å²) in [6, 6.07) is 16.7. The lowest BCUT2D eigenvalue weighted by atomic mass is 9.86. The highest BCUT2D eigenvalue weighted by atomic mass is 19.1. The topological polar surface area (TPSA) is 44.8 Å². The summed E-state index contributed by atoms with van der Waals surface area (Å²) in [5.41, 5.74) is 3.52. The van der Waals surface area contributed by atoms with E-state index in [1.165, 1.54) is 6.07 Å². The van der Waals surface area contributed by atoms with Crippen LogP contribution >= 0.6 is 0 Å². The van der Waals surface area contributed by atoms with Crippen LogP contribution in [0.2, 0.25) is 0 Å². The molecular weight excluding hydrogens is 407 g/mol. The first-order valence-corrected chi connectivity index (χ1v) is 11.0. The van der Waals surface area contributed by atoms with Crippen molar-refractivity contribution < 1.29 is 23.4 Å². The van der Waals surface area contributed by atoms with Crippen molar-refractivity contribution in [2.75, 3.05) is 13.4 Å². The fourth-order valence-electron chi connectivity index (χ4n) is 4.45. The van der Waals surface area contributed by atoms with E-state index in [0.29, 0.717) is 23.7 Å². The first-order chi connectivity index (χ1) is 15.5. The molecule has 0 saturated heterocycles. The lowest BCUT2D eigenvalue weighted by molar-refractivity contribution is -0.120. The van der Waals surface area contributed by atoms with Crippen LogP contribution in [0.15, 0.2) is 54.6 Å². The quantitative estimate of drug-likeness (QED) is 0.475. The molecular formula is C27H25FO4. The summed E-state index contributed by atoms with van der Waals surface area (Å²) in [5.74, 6) is 1.86. The third-order valence-corrected chi connectivity index (χ3v) is 6.43. The Morgan fingerprint density at radius 3 is 2.50 bits per heavy atom. The number of Topliss-reactive ketones (excluding diaryl/α,β-unsaturated/α-hetero) is 1. The van der Waals surface area contributed by atoms with Crippen LogP contribution in [0, 0.1) is 12.7 Å². The first-order valence-electron chi connectivity index (χ1n) is 11.0. The van der Waals surface area contributed by atoms with Gasteiger partial charge in [-0.15, -0.1) is 0 Å². The minimum absolute atomic E-state index is 0.0387. The van der Waals surface area contributed by atoms with E-state index in [9.17, 15) is 9.18 Å². The molecule has 3 aromatic carbocycles. The summed E-state index contributed by atoms with van der Waals surface area (Å²) in [6.45, 7) is 4.63. The molecule has 1 aliphatic heterocycles. The van der Waals surface area contributed by atoms with Gasteiger partial charge in [-0.2, -0.15) is 0 Å². The third kappa shape index (κ3) is 3.62. The van der Waals surface area contributed by atoms with E-state index in [1.807, 2.05) is 62.4 Å². The zero-order valence-electron chi connectivity index (χ0n) is 18.2. The van der Waals surface area contributed by atoms with Crippen molar-refractivity contribution in [3.05, 3.63) is 77.1 Å². The maximum absolute atomic E-state index is 14.9. The number of ether oxygens (including phenoxy) is 3. The maximum Gasteiger partial charge on any atom is 0.231 e. The van der Waals surface area contributed by atoms with E-state index in [0.717, 1.165) is 40.8 Å². The normalized spacial score (nSPS) is 15.5. The van der Waals surface area contributed by atoms with Gasteiger partial charge in [0, 0.05) is 6.42 Å². The lowest BCUT2D eigenvalue weighted by Gasteiger charge is -2.17.